The van der Waals surface area contributed by atoms with Crippen molar-refractivity contribution in [3.05, 3.63) is 89.5 Å². The van der Waals surface area contributed by atoms with Gasteiger partial charge in [0.05, 0.1) is 31.1 Å². The molecule has 37 heavy (non-hydrogen) atoms. The van der Waals surface area contributed by atoms with Crippen LogP contribution in [0.15, 0.2) is 67.3 Å². The molecule has 0 saturated carbocycles. The molecule has 1 aromatic heterocycles. The Morgan fingerprint density at radius 3 is 2.62 bits per heavy atom. The number of hydrogen-bond donors (Lipinski definition) is 5. The molecule has 0 saturated heterocycles. The standard InChI is InChI=1S/C25H25N5O.C3H9NO2/c1-4-5-6-19-14-18(7-10-22(19)26-3)15-30-25-24(28-29-30)12-11-23(27-25)20-8-9-21(16-31)17(2)13-20;1-4-6-3-2-5/h4-14,16,26,28-29H,1,15H2,2-3H3;4-5H,2-3H2,1H3/b6-5-;. The molecule has 9 heteroatoms. The molecule has 194 valence electrons. The van der Waals surface area contributed by atoms with Crippen LogP contribution in [0.3, 0.4) is 0 Å². The molecule has 0 aliphatic carbocycles. The molecule has 2 heterocycles. The zero-order chi connectivity index (χ0) is 26.6. The number of aldehydes is 1. The highest BCUT2D eigenvalue weighted by Gasteiger charge is 2.21. The van der Waals surface area contributed by atoms with Crippen LogP contribution in [0.4, 0.5) is 17.2 Å². The first-order chi connectivity index (χ1) is 18.0. The van der Waals surface area contributed by atoms with Crippen molar-refractivity contribution in [3.8, 4) is 11.3 Å². The van der Waals surface area contributed by atoms with Crippen molar-refractivity contribution >= 4 is 29.6 Å². The third-order valence-electron chi connectivity index (χ3n) is 5.62. The number of benzene rings is 2. The van der Waals surface area contributed by atoms with Gasteiger partial charge in [-0.1, -0.05) is 43.0 Å². The summed E-state index contributed by atoms with van der Waals surface area (Å²) in [4.78, 5) is 20.5. The molecule has 0 atom stereocenters. The smallest absolute Gasteiger partial charge is 0.170 e. The number of pyridine rings is 1. The number of anilines is 3. The number of aryl methyl sites for hydroxylation is 1. The molecule has 0 fully saturated rings. The minimum atomic E-state index is 0.0703. The van der Waals surface area contributed by atoms with Crippen LogP contribution in [0.2, 0.25) is 0 Å². The molecular formula is C28H34N6O3. The second-order valence-corrected chi connectivity index (χ2v) is 8.12. The molecule has 3 aromatic rings. The lowest BCUT2D eigenvalue weighted by Crippen LogP contribution is -2.35. The summed E-state index contributed by atoms with van der Waals surface area (Å²) in [6.07, 6.45) is 6.61. The zero-order valence-electron chi connectivity index (χ0n) is 21.4. The quantitative estimate of drug-likeness (QED) is 0.121. The molecule has 5 N–H and O–H groups in total. The lowest BCUT2D eigenvalue weighted by molar-refractivity contribution is 0.0314. The van der Waals surface area contributed by atoms with E-state index < -0.39 is 0 Å². The summed E-state index contributed by atoms with van der Waals surface area (Å²) >= 11 is 0. The molecule has 4 rings (SSSR count). The van der Waals surface area contributed by atoms with Crippen molar-refractivity contribution in [3.63, 3.8) is 0 Å². The molecule has 0 unspecified atom stereocenters. The van der Waals surface area contributed by atoms with Gasteiger partial charge in [-0.3, -0.25) is 14.6 Å². The predicted octanol–water partition coefficient (Wildman–Crippen LogP) is 4.09. The number of hydrogen-bond acceptors (Lipinski definition) is 9. The summed E-state index contributed by atoms with van der Waals surface area (Å²) < 4.78 is 0. The Balaban J connectivity index is 0.000000568. The first-order valence-corrected chi connectivity index (χ1v) is 11.9. The Hall–Kier alpha value is -4.02. The number of aliphatic hydroxyl groups excluding tert-OH is 1. The van der Waals surface area contributed by atoms with Gasteiger partial charge >= 0.3 is 0 Å². The zero-order valence-corrected chi connectivity index (χ0v) is 21.4. The van der Waals surface area contributed by atoms with Gasteiger partial charge in [-0.25, -0.2) is 10.5 Å². The summed E-state index contributed by atoms with van der Waals surface area (Å²) in [5, 5.41) is 13.2. The van der Waals surface area contributed by atoms with E-state index in [1.54, 1.807) is 13.1 Å². The lowest BCUT2D eigenvalue weighted by Gasteiger charge is -2.18. The minimum Gasteiger partial charge on any atom is -0.394 e. The highest BCUT2D eigenvalue weighted by molar-refractivity contribution is 5.80. The Bertz CT molecular complexity index is 1240. The Labute approximate surface area is 217 Å². The second kappa shape index (κ2) is 13.9. The molecule has 9 nitrogen and oxygen atoms in total. The number of carbonyl (C=O) groups is 1. The number of hydroxylamine groups is 1. The van der Waals surface area contributed by atoms with Crippen molar-refractivity contribution in [2.45, 2.75) is 13.5 Å². The molecule has 2 aromatic carbocycles. The van der Waals surface area contributed by atoms with Gasteiger partial charge in [-0.15, -0.1) is 5.53 Å². The van der Waals surface area contributed by atoms with E-state index in [2.05, 4.69) is 51.4 Å². The summed E-state index contributed by atoms with van der Waals surface area (Å²) in [5.41, 5.74) is 16.5. The van der Waals surface area contributed by atoms with E-state index in [0.717, 1.165) is 51.4 Å². The van der Waals surface area contributed by atoms with Crippen LogP contribution in [-0.2, 0) is 11.4 Å². The number of rotatable bonds is 10. The highest BCUT2D eigenvalue weighted by Crippen LogP contribution is 2.32. The normalized spacial score (nSPS) is 11.9. The topological polar surface area (TPSA) is 111 Å². The number of aliphatic hydroxyl groups is 1. The van der Waals surface area contributed by atoms with Crippen LogP contribution in [0, 0.1) is 6.92 Å². The maximum absolute atomic E-state index is 11.1. The van der Waals surface area contributed by atoms with Gasteiger partial charge in [0.15, 0.2) is 5.82 Å². The van der Waals surface area contributed by atoms with E-state index in [1.165, 1.54) is 0 Å². The molecule has 1 aliphatic heterocycles. The second-order valence-electron chi connectivity index (χ2n) is 8.12. The number of aromatic nitrogens is 1. The van der Waals surface area contributed by atoms with Crippen LogP contribution < -0.4 is 26.8 Å². The Morgan fingerprint density at radius 2 is 1.97 bits per heavy atom. The van der Waals surface area contributed by atoms with Crippen LogP contribution in [-0.4, -0.2) is 43.7 Å². The fraction of sp³-hybridized carbons (Fsp3) is 0.214. The van der Waals surface area contributed by atoms with Gasteiger partial charge in [0.25, 0.3) is 0 Å². The maximum atomic E-state index is 11.1. The SMILES string of the molecule is C=C/C=C\c1cc(CN2NNc3ccc(-c4ccc(C=O)c(C)c4)nc32)ccc1NC.CNOCCO. The molecule has 1 aliphatic rings. The van der Waals surface area contributed by atoms with E-state index in [4.69, 9.17) is 10.1 Å². The molecule has 0 bridgehead atoms. The largest absolute Gasteiger partial charge is 0.394 e. The first-order valence-electron chi connectivity index (χ1n) is 11.9. The summed E-state index contributed by atoms with van der Waals surface area (Å²) in [7, 11) is 3.56. The van der Waals surface area contributed by atoms with Gasteiger partial charge in [0.1, 0.15) is 6.29 Å². The molecule has 0 radical (unpaired) electrons. The van der Waals surface area contributed by atoms with Gasteiger partial charge in [0.2, 0.25) is 0 Å². The van der Waals surface area contributed by atoms with Crippen LogP contribution >= 0.6 is 0 Å². The fourth-order valence-electron chi connectivity index (χ4n) is 3.75. The first kappa shape index (κ1) is 27.6. The summed E-state index contributed by atoms with van der Waals surface area (Å²) in [6, 6.07) is 16.1. The molecule has 0 spiro atoms. The minimum absolute atomic E-state index is 0.0703. The number of allylic oxidation sites excluding steroid dienone is 2. The van der Waals surface area contributed by atoms with E-state index in [0.29, 0.717) is 18.7 Å². The van der Waals surface area contributed by atoms with Crippen molar-refractivity contribution in [1.82, 2.24) is 16.0 Å². The van der Waals surface area contributed by atoms with E-state index in [-0.39, 0.29) is 6.61 Å². The van der Waals surface area contributed by atoms with Gasteiger partial charge in [-0.05, 0) is 53.9 Å². The highest BCUT2D eigenvalue weighted by atomic mass is 16.6. The van der Waals surface area contributed by atoms with Crippen molar-refractivity contribution in [1.29, 1.82) is 0 Å². The van der Waals surface area contributed by atoms with Gasteiger partial charge in [0, 0.05) is 30.9 Å². The van der Waals surface area contributed by atoms with Crippen molar-refractivity contribution < 1.29 is 14.7 Å². The van der Waals surface area contributed by atoms with E-state index in [1.807, 2.05) is 61.5 Å². The lowest BCUT2D eigenvalue weighted by atomic mass is 10.0. The third kappa shape index (κ3) is 7.25. The molecule has 0 amide bonds. The fourth-order valence-corrected chi connectivity index (χ4v) is 3.75. The number of fused-ring (bicyclic) bond motifs is 1. The average Bonchev–Trinajstić information content (AvgIpc) is 3.32. The Morgan fingerprint density at radius 1 is 1.14 bits per heavy atom. The monoisotopic (exact) mass is 502 g/mol. The number of carbonyl (C=O) groups excluding carboxylic acids is 1. The van der Waals surface area contributed by atoms with Crippen LogP contribution in [0.5, 0.6) is 0 Å². The van der Waals surface area contributed by atoms with Gasteiger partial charge in [-0.2, -0.15) is 0 Å². The summed E-state index contributed by atoms with van der Waals surface area (Å²) in [5.74, 6) is 0.829. The third-order valence-corrected chi connectivity index (χ3v) is 5.62. The number of hydrazine groups is 2. The average molecular weight is 503 g/mol. The van der Waals surface area contributed by atoms with Crippen LogP contribution in [0.1, 0.15) is 27.0 Å². The van der Waals surface area contributed by atoms with E-state index in [9.17, 15) is 4.79 Å². The van der Waals surface area contributed by atoms with Gasteiger partial charge < -0.3 is 15.8 Å². The van der Waals surface area contributed by atoms with E-state index >= 15 is 0 Å². The maximum Gasteiger partial charge on any atom is 0.170 e. The predicted molar refractivity (Wildman–Crippen MR) is 150 cm³/mol. The number of nitrogens with zero attached hydrogens (tertiary/aromatic N) is 2. The van der Waals surface area contributed by atoms with Crippen molar-refractivity contribution in [2.24, 2.45) is 0 Å². The van der Waals surface area contributed by atoms with Crippen molar-refractivity contribution in [2.75, 3.05) is 43.1 Å². The van der Waals surface area contributed by atoms with Crippen LogP contribution in [0.25, 0.3) is 17.3 Å². The summed E-state index contributed by atoms with van der Waals surface area (Å²) in [6.45, 7) is 6.75. The number of nitrogens with one attached hydrogen (secondary N) is 4. The Kier molecular flexibility index (Phi) is 10.4. The molecular weight excluding hydrogens is 468 g/mol.